The Labute approximate surface area is 342 Å². The Kier molecular flexibility index (Phi) is 22.7. The number of para-hydroxylation sites is 4. The normalized spacial score (nSPS) is 15.2. The van der Waals surface area contributed by atoms with Gasteiger partial charge in [-0.1, -0.05) is 79.7 Å². The van der Waals surface area contributed by atoms with Crippen molar-refractivity contribution in [3.8, 4) is 23.0 Å². The summed E-state index contributed by atoms with van der Waals surface area (Å²) in [6.45, 7) is 13.5. The van der Waals surface area contributed by atoms with Crippen molar-refractivity contribution >= 4 is 25.8 Å². The maximum atomic E-state index is 6.24. The second kappa shape index (κ2) is 27.7. The molecule has 0 aliphatic carbocycles. The summed E-state index contributed by atoms with van der Waals surface area (Å²) in [6.07, 6.45) is 0.296. The maximum absolute atomic E-state index is 6.24. The fraction of sp³-hybridized carbons (Fsp3) is 0.405. The van der Waals surface area contributed by atoms with Crippen molar-refractivity contribution in [2.24, 2.45) is 0 Å². The summed E-state index contributed by atoms with van der Waals surface area (Å²) in [4.78, 5) is 0. The van der Waals surface area contributed by atoms with Crippen LogP contribution in [0.2, 0.25) is 0 Å². The van der Waals surface area contributed by atoms with Crippen molar-refractivity contribution in [3.63, 3.8) is 0 Å². The summed E-state index contributed by atoms with van der Waals surface area (Å²) < 4.78 is 72.8. The van der Waals surface area contributed by atoms with Crippen molar-refractivity contribution in [3.05, 3.63) is 128 Å². The number of hydrogen-bond acceptors (Lipinski definition) is 12. The van der Waals surface area contributed by atoms with Gasteiger partial charge in [-0.3, -0.25) is 22.6 Å². The summed E-state index contributed by atoms with van der Waals surface area (Å²) >= 11 is 0. The lowest BCUT2D eigenvalue weighted by atomic mass is 10.3. The Morgan fingerprint density at radius 2 is 0.614 bits per heavy atom. The number of benzene rings is 4. The Balaban J connectivity index is 1.23. The molecule has 7 unspecified atom stereocenters. The molecule has 0 aromatic heterocycles. The molecule has 0 amide bonds. The standard InChI is InChI=1S/C42H56O12P3/c1-7-28-43-29-34(2)46-55(51-39-20-12-8-13-21-39)47-35(3)30-44-31-36(4)48-56(52-40-22-14-9-15-23-40)49-37(5)32-45-33-38(6)50-57(53-41-24-16-10-17-25-41)54-42-26-18-11-19-27-42/h7-27,34-38H,28-33H2,1-6H3. The summed E-state index contributed by atoms with van der Waals surface area (Å²) in [7, 11) is -5.30. The fourth-order valence-corrected chi connectivity index (χ4v) is 7.85. The number of ether oxygens (including phenoxy) is 3. The molecular weight excluding hydrogens is 789 g/mol. The van der Waals surface area contributed by atoms with E-state index in [0.29, 0.717) is 36.2 Å². The van der Waals surface area contributed by atoms with Gasteiger partial charge in [-0.2, -0.15) is 0 Å². The molecule has 0 fully saturated rings. The summed E-state index contributed by atoms with van der Waals surface area (Å²) in [6, 6.07) is 37.7. The molecule has 0 saturated carbocycles. The van der Waals surface area contributed by atoms with Gasteiger partial charge in [-0.15, -0.1) is 0 Å². The molecule has 0 bridgehead atoms. The molecule has 0 saturated heterocycles. The smallest absolute Gasteiger partial charge is 0.427 e. The Bertz CT molecular complexity index is 1530. The summed E-state index contributed by atoms with van der Waals surface area (Å²) in [5.74, 6) is 2.57. The van der Waals surface area contributed by atoms with Gasteiger partial charge in [-0.05, 0) is 89.6 Å². The largest absolute Gasteiger partial charge is 0.463 e. The minimum atomic E-state index is -1.82. The van der Waals surface area contributed by atoms with E-state index in [4.69, 9.17) is 54.9 Å². The van der Waals surface area contributed by atoms with Gasteiger partial charge in [-0.25, -0.2) is 0 Å². The van der Waals surface area contributed by atoms with Gasteiger partial charge in [0.15, 0.2) is 0 Å². The first-order chi connectivity index (χ1) is 27.7. The van der Waals surface area contributed by atoms with Crippen LogP contribution in [0.15, 0.2) is 121 Å². The molecule has 4 aromatic carbocycles. The van der Waals surface area contributed by atoms with Crippen LogP contribution >= 0.6 is 25.8 Å². The summed E-state index contributed by atoms with van der Waals surface area (Å²) in [5.41, 5.74) is 0. The molecule has 311 valence electrons. The molecule has 0 aliphatic rings. The molecule has 12 nitrogen and oxygen atoms in total. The molecule has 4 rings (SSSR count). The Morgan fingerprint density at radius 1 is 0.368 bits per heavy atom. The van der Waals surface area contributed by atoms with Crippen molar-refractivity contribution in [2.75, 3.05) is 39.6 Å². The van der Waals surface area contributed by atoms with E-state index in [2.05, 4.69) is 0 Å². The average Bonchev–Trinajstić information content (AvgIpc) is 3.19. The Morgan fingerprint density at radius 3 is 0.895 bits per heavy atom. The first-order valence-electron chi connectivity index (χ1n) is 18.9. The molecule has 57 heavy (non-hydrogen) atoms. The van der Waals surface area contributed by atoms with Gasteiger partial charge in [0.1, 0.15) is 23.0 Å². The Hall–Kier alpha value is -2.95. The van der Waals surface area contributed by atoms with Crippen LogP contribution in [0.3, 0.4) is 0 Å². The molecule has 0 aliphatic heterocycles. The maximum Gasteiger partial charge on any atom is 0.463 e. The molecule has 4 aromatic rings. The lowest BCUT2D eigenvalue weighted by Gasteiger charge is -2.25. The van der Waals surface area contributed by atoms with Crippen molar-refractivity contribution in [1.82, 2.24) is 0 Å². The first-order valence-corrected chi connectivity index (χ1v) is 22.2. The molecule has 15 heteroatoms. The minimum absolute atomic E-state index is 0.234. The van der Waals surface area contributed by atoms with E-state index in [1.165, 1.54) is 0 Å². The highest BCUT2D eigenvalue weighted by Gasteiger charge is 2.26. The van der Waals surface area contributed by atoms with E-state index in [0.717, 1.165) is 0 Å². The second-order valence-corrected chi connectivity index (χ2v) is 16.0. The highest BCUT2D eigenvalue weighted by Crippen LogP contribution is 2.45. The fourth-order valence-electron chi connectivity index (χ4n) is 4.51. The van der Waals surface area contributed by atoms with Crippen LogP contribution in [0.5, 0.6) is 23.0 Å². The predicted octanol–water partition coefficient (Wildman–Crippen LogP) is 11.3. The molecule has 0 heterocycles. The van der Waals surface area contributed by atoms with E-state index in [9.17, 15) is 0 Å². The highest BCUT2D eigenvalue weighted by atomic mass is 31.2. The lowest BCUT2D eigenvalue weighted by molar-refractivity contribution is -0.00706. The van der Waals surface area contributed by atoms with Crippen molar-refractivity contribution in [2.45, 2.75) is 72.1 Å². The first kappa shape index (κ1) is 46.7. The third kappa shape index (κ3) is 20.5. The van der Waals surface area contributed by atoms with Crippen LogP contribution in [0.1, 0.15) is 41.5 Å². The van der Waals surface area contributed by atoms with Crippen LogP contribution in [0.25, 0.3) is 0 Å². The second-order valence-electron chi connectivity index (χ2n) is 12.9. The van der Waals surface area contributed by atoms with E-state index in [1.807, 2.05) is 169 Å². The van der Waals surface area contributed by atoms with Gasteiger partial charge in [0.05, 0.1) is 63.6 Å². The minimum Gasteiger partial charge on any atom is -0.427 e. The lowest BCUT2D eigenvalue weighted by Crippen LogP contribution is -2.24. The molecular formula is C42H56O12P3. The highest BCUT2D eigenvalue weighted by molar-refractivity contribution is 7.43. The third-order valence-corrected chi connectivity index (χ3v) is 11.2. The van der Waals surface area contributed by atoms with E-state index in [-0.39, 0.29) is 56.9 Å². The van der Waals surface area contributed by atoms with Gasteiger partial charge >= 0.3 is 25.8 Å². The zero-order valence-corrected chi connectivity index (χ0v) is 36.2. The molecule has 1 radical (unpaired) electrons. The van der Waals surface area contributed by atoms with Gasteiger partial charge in [0, 0.05) is 6.61 Å². The van der Waals surface area contributed by atoms with Crippen LogP contribution in [0, 0.1) is 6.42 Å². The van der Waals surface area contributed by atoms with Crippen LogP contribution in [0.4, 0.5) is 0 Å². The summed E-state index contributed by atoms with van der Waals surface area (Å²) in [5, 5.41) is 0. The average molecular weight is 846 g/mol. The van der Waals surface area contributed by atoms with Crippen molar-refractivity contribution < 1.29 is 54.9 Å². The van der Waals surface area contributed by atoms with E-state index >= 15 is 0 Å². The number of hydrogen-bond donors (Lipinski definition) is 0. The molecule has 7 atom stereocenters. The molecule has 0 spiro atoms. The third-order valence-electron chi connectivity index (χ3n) is 7.07. The predicted molar refractivity (Wildman–Crippen MR) is 224 cm³/mol. The SMILES string of the molecule is C[CH]COCC(C)OP(Oc1ccccc1)OC(C)COCC(C)OP(Oc1ccccc1)OC(C)COCC(C)OP(Oc1ccccc1)Oc1ccccc1. The molecule has 0 N–H and O–H groups in total. The van der Waals surface area contributed by atoms with Crippen molar-refractivity contribution in [1.29, 1.82) is 0 Å². The number of rotatable bonds is 30. The van der Waals surface area contributed by atoms with Gasteiger partial charge in [0.2, 0.25) is 0 Å². The van der Waals surface area contributed by atoms with Crippen LogP contribution in [-0.4, -0.2) is 70.2 Å². The zero-order valence-electron chi connectivity index (χ0n) is 33.5. The van der Waals surface area contributed by atoms with E-state index < -0.39 is 25.8 Å². The van der Waals surface area contributed by atoms with Crippen LogP contribution < -0.4 is 18.1 Å². The van der Waals surface area contributed by atoms with Crippen LogP contribution in [-0.2, 0) is 36.8 Å². The quantitative estimate of drug-likeness (QED) is 0.0368. The van der Waals surface area contributed by atoms with Gasteiger partial charge < -0.3 is 32.3 Å². The van der Waals surface area contributed by atoms with Gasteiger partial charge in [0.25, 0.3) is 0 Å². The van der Waals surface area contributed by atoms with E-state index in [1.54, 1.807) is 0 Å². The zero-order chi connectivity index (χ0) is 40.5. The topological polar surface area (TPSA) is 111 Å². The monoisotopic (exact) mass is 845 g/mol.